The van der Waals surface area contributed by atoms with Gasteiger partial charge >= 0.3 is 0 Å². The lowest BCUT2D eigenvalue weighted by atomic mass is 9.84. The van der Waals surface area contributed by atoms with Gasteiger partial charge in [0.25, 0.3) is 0 Å². The molecule has 5 N–H and O–H groups in total. The summed E-state index contributed by atoms with van der Waals surface area (Å²) in [4.78, 5) is 25.0. The maximum absolute atomic E-state index is 14.2. The zero-order chi connectivity index (χ0) is 14.1. The van der Waals surface area contributed by atoms with Crippen LogP contribution in [0.15, 0.2) is 24.3 Å². The van der Waals surface area contributed by atoms with Gasteiger partial charge in [-0.05, 0) is 19.1 Å². The van der Waals surface area contributed by atoms with Gasteiger partial charge in [-0.2, -0.15) is 0 Å². The smallest absolute Gasteiger partial charge is 0.245 e. The number of allylic oxidation sites excluding steroid dienone is 2. The number of nitrogens with zero attached hydrogens (tertiary/aromatic N) is 1. The van der Waals surface area contributed by atoms with Crippen molar-refractivity contribution in [2.75, 3.05) is 26.2 Å². The lowest BCUT2D eigenvalue weighted by Gasteiger charge is -2.42. The van der Waals surface area contributed by atoms with Crippen LogP contribution in [0, 0.1) is 0 Å². The van der Waals surface area contributed by atoms with E-state index < -0.39 is 22.9 Å². The van der Waals surface area contributed by atoms with Crippen molar-refractivity contribution >= 4 is 11.7 Å². The van der Waals surface area contributed by atoms with Crippen LogP contribution in [0.5, 0.6) is 0 Å². The first-order valence-corrected chi connectivity index (χ1v) is 6.27. The topological polar surface area (TPSA) is 107 Å². The van der Waals surface area contributed by atoms with Gasteiger partial charge in [0, 0.05) is 26.2 Å². The number of hydrogen-bond donors (Lipinski definition) is 2. The minimum Gasteiger partial charge on any atom is -0.412 e. The molecule has 112 valence electrons. The SMILES string of the molecule is CC(=O)C1(F)C=CC(C(N)=O)(N2CCNCC2)C=C1.O. The van der Waals surface area contributed by atoms with E-state index in [1.807, 2.05) is 4.90 Å². The van der Waals surface area contributed by atoms with E-state index >= 15 is 0 Å². The molecule has 1 amide bonds. The van der Waals surface area contributed by atoms with Gasteiger partial charge in [0.15, 0.2) is 5.78 Å². The molecule has 2 aliphatic rings. The van der Waals surface area contributed by atoms with Crippen LogP contribution >= 0.6 is 0 Å². The van der Waals surface area contributed by atoms with Crippen molar-refractivity contribution < 1.29 is 19.5 Å². The van der Waals surface area contributed by atoms with Crippen molar-refractivity contribution in [3.8, 4) is 0 Å². The molecule has 0 aromatic heterocycles. The number of hydrogen-bond acceptors (Lipinski definition) is 4. The molecule has 2 rings (SSSR count). The molecule has 1 aliphatic heterocycles. The van der Waals surface area contributed by atoms with Gasteiger partial charge < -0.3 is 16.5 Å². The third-order valence-corrected chi connectivity index (χ3v) is 3.73. The van der Waals surface area contributed by atoms with Crippen molar-refractivity contribution in [3.05, 3.63) is 24.3 Å². The van der Waals surface area contributed by atoms with Gasteiger partial charge in [-0.3, -0.25) is 14.5 Å². The monoisotopic (exact) mass is 285 g/mol. The quantitative estimate of drug-likeness (QED) is 0.629. The van der Waals surface area contributed by atoms with E-state index in [-0.39, 0.29) is 5.48 Å². The third-order valence-electron chi connectivity index (χ3n) is 3.73. The molecule has 0 spiro atoms. The Hall–Kier alpha value is -1.57. The second-order valence-corrected chi connectivity index (χ2v) is 4.92. The summed E-state index contributed by atoms with van der Waals surface area (Å²) in [5.41, 5.74) is 2.22. The number of primary amides is 1. The number of nitrogens with one attached hydrogen (secondary N) is 1. The lowest BCUT2D eigenvalue weighted by Crippen LogP contribution is -2.61. The van der Waals surface area contributed by atoms with Crippen LogP contribution in [0.3, 0.4) is 0 Å². The van der Waals surface area contributed by atoms with E-state index in [2.05, 4.69) is 5.32 Å². The third kappa shape index (κ3) is 2.65. The standard InChI is InChI=1S/C13H18FN3O2.H2O/c1-10(18)12(14)2-4-13(5-3-12,11(15)19)17-8-6-16-7-9-17;/h2-5,16H,6-9H2,1H3,(H2,15,19);1H2. The van der Waals surface area contributed by atoms with Gasteiger partial charge in [-0.15, -0.1) is 0 Å². The molecule has 0 aromatic carbocycles. The fourth-order valence-electron chi connectivity index (χ4n) is 2.41. The van der Waals surface area contributed by atoms with Gasteiger partial charge in [-0.1, -0.05) is 12.2 Å². The molecule has 0 radical (unpaired) electrons. The Morgan fingerprint density at radius 3 is 2.10 bits per heavy atom. The predicted octanol–water partition coefficient (Wildman–Crippen LogP) is -1.29. The molecule has 7 heteroatoms. The van der Waals surface area contributed by atoms with E-state index in [1.165, 1.54) is 19.1 Å². The van der Waals surface area contributed by atoms with Crippen molar-refractivity contribution in [2.45, 2.75) is 18.1 Å². The van der Waals surface area contributed by atoms with Crippen LogP contribution in [-0.2, 0) is 9.59 Å². The van der Waals surface area contributed by atoms with Crippen LogP contribution in [0.4, 0.5) is 4.39 Å². The van der Waals surface area contributed by atoms with Crippen molar-refractivity contribution in [2.24, 2.45) is 5.73 Å². The van der Waals surface area contributed by atoms with Crippen LogP contribution in [0.1, 0.15) is 6.92 Å². The number of alkyl halides is 1. The number of carbonyl (C=O) groups is 2. The predicted molar refractivity (Wildman–Crippen MR) is 72.8 cm³/mol. The number of Topliss-reactive ketones (excluding diaryl/α,β-unsaturated/α-hetero) is 1. The molecule has 6 nitrogen and oxygen atoms in total. The molecule has 1 fully saturated rings. The number of nitrogens with two attached hydrogens (primary N) is 1. The Bertz CT molecular complexity index is 442. The van der Waals surface area contributed by atoms with Gasteiger partial charge in [0.05, 0.1) is 0 Å². The average Bonchev–Trinajstić information content (AvgIpc) is 2.40. The summed E-state index contributed by atoms with van der Waals surface area (Å²) in [7, 11) is 0. The summed E-state index contributed by atoms with van der Waals surface area (Å²) in [5, 5.41) is 3.17. The van der Waals surface area contributed by atoms with Crippen LogP contribution in [0.25, 0.3) is 0 Å². The zero-order valence-corrected chi connectivity index (χ0v) is 11.4. The highest BCUT2D eigenvalue weighted by Gasteiger charge is 2.44. The van der Waals surface area contributed by atoms with E-state index in [0.717, 1.165) is 25.2 Å². The van der Waals surface area contributed by atoms with E-state index in [0.29, 0.717) is 13.1 Å². The number of piperazine rings is 1. The maximum Gasteiger partial charge on any atom is 0.245 e. The Balaban J connectivity index is 0.00000200. The highest BCUT2D eigenvalue weighted by Crippen LogP contribution is 2.30. The molecule has 0 saturated carbocycles. The van der Waals surface area contributed by atoms with E-state index in [4.69, 9.17) is 5.73 Å². The van der Waals surface area contributed by atoms with Gasteiger partial charge in [0.1, 0.15) is 5.54 Å². The highest BCUT2D eigenvalue weighted by molar-refractivity contribution is 5.94. The lowest BCUT2D eigenvalue weighted by molar-refractivity contribution is -0.126. The number of ketones is 1. The first-order chi connectivity index (χ1) is 8.91. The van der Waals surface area contributed by atoms with E-state index in [1.54, 1.807) is 0 Å². The summed E-state index contributed by atoms with van der Waals surface area (Å²) < 4.78 is 14.2. The number of amides is 1. The fraction of sp³-hybridized carbons (Fsp3) is 0.538. The zero-order valence-electron chi connectivity index (χ0n) is 11.4. The molecule has 20 heavy (non-hydrogen) atoms. The fourth-order valence-corrected chi connectivity index (χ4v) is 2.41. The molecular formula is C13H20FN3O3. The Morgan fingerprint density at radius 1 is 1.20 bits per heavy atom. The Labute approximate surface area is 116 Å². The summed E-state index contributed by atoms with van der Waals surface area (Å²) in [5.74, 6) is -1.18. The summed E-state index contributed by atoms with van der Waals surface area (Å²) in [6.45, 7) is 3.93. The normalized spacial score (nSPS) is 33.5. The first kappa shape index (κ1) is 16.5. The highest BCUT2D eigenvalue weighted by atomic mass is 19.1. The summed E-state index contributed by atoms with van der Waals surface area (Å²) >= 11 is 0. The van der Waals surface area contributed by atoms with Crippen LogP contribution < -0.4 is 11.1 Å². The van der Waals surface area contributed by atoms with Gasteiger partial charge in [-0.25, -0.2) is 4.39 Å². The van der Waals surface area contributed by atoms with Crippen molar-refractivity contribution in [1.82, 2.24) is 10.2 Å². The van der Waals surface area contributed by atoms with Crippen LogP contribution in [-0.4, -0.2) is 59.5 Å². The van der Waals surface area contributed by atoms with Crippen molar-refractivity contribution in [1.29, 1.82) is 0 Å². The molecular weight excluding hydrogens is 265 g/mol. The number of carbonyl (C=O) groups excluding carboxylic acids is 2. The molecule has 1 heterocycles. The second-order valence-electron chi connectivity index (χ2n) is 4.92. The Kier molecular flexibility index (Phi) is 4.80. The van der Waals surface area contributed by atoms with Crippen LogP contribution in [0.2, 0.25) is 0 Å². The summed E-state index contributed by atoms with van der Waals surface area (Å²) in [6.07, 6.45) is 5.06. The van der Waals surface area contributed by atoms with E-state index in [9.17, 15) is 14.0 Å². The second kappa shape index (κ2) is 5.82. The minimum absolute atomic E-state index is 0. The first-order valence-electron chi connectivity index (χ1n) is 6.27. The van der Waals surface area contributed by atoms with Gasteiger partial charge in [0.2, 0.25) is 11.6 Å². The molecule has 1 aliphatic carbocycles. The summed E-state index contributed by atoms with van der Waals surface area (Å²) in [6, 6.07) is 0. The molecule has 0 atom stereocenters. The Morgan fingerprint density at radius 2 is 1.70 bits per heavy atom. The minimum atomic E-state index is -2.13. The number of halogens is 1. The maximum atomic E-state index is 14.2. The van der Waals surface area contributed by atoms with Crippen molar-refractivity contribution in [3.63, 3.8) is 0 Å². The average molecular weight is 285 g/mol. The molecule has 1 saturated heterocycles. The number of rotatable bonds is 3. The molecule has 0 aromatic rings. The largest absolute Gasteiger partial charge is 0.412 e. The molecule has 0 unspecified atom stereocenters. The molecule has 0 bridgehead atoms.